The maximum absolute atomic E-state index is 13.3. The quantitative estimate of drug-likeness (QED) is 0.650. The van der Waals surface area contributed by atoms with Gasteiger partial charge in [0.1, 0.15) is 4.88 Å². The summed E-state index contributed by atoms with van der Waals surface area (Å²) in [5, 5.41) is 0.994. The van der Waals surface area contributed by atoms with Crippen LogP contribution < -0.4 is 0 Å². The number of rotatable bonds is 5. The standard InChI is InChI=1S/C21H23N3OS/c1-14(2)20-23-15(3)19(26-20)21(25)24(4)18(16-10-6-5-7-11-16)17-12-8-9-13-22-17/h5-14,18H,1-4H3. The molecule has 0 radical (unpaired) electrons. The zero-order valence-corrected chi connectivity index (χ0v) is 16.3. The van der Waals surface area contributed by atoms with Crippen molar-refractivity contribution in [3.63, 3.8) is 0 Å². The highest BCUT2D eigenvalue weighted by molar-refractivity contribution is 7.13. The van der Waals surface area contributed by atoms with Gasteiger partial charge in [-0.05, 0) is 24.6 Å². The lowest BCUT2D eigenvalue weighted by atomic mass is 10.0. The van der Waals surface area contributed by atoms with Gasteiger partial charge >= 0.3 is 0 Å². The van der Waals surface area contributed by atoms with Crippen molar-refractivity contribution < 1.29 is 4.79 Å². The van der Waals surface area contributed by atoms with Gasteiger partial charge in [-0.3, -0.25) is 9.78 Å². The summed E-state index contributed by atoms with van der Waals surface area (Å²) in [5.74, 6) is 0.290. The fourth-order valence-corrected chi connectivity index (χ4v) is 3.96. The van der Waals surface area contributed by atoms with Crippen LogP contribution in [0.2, 0.25) is 0 Å². The lowest BCUT2D eigenvalue weighted by Gasteiger charge is -2.28. The Balaban J connectivity index is 2.00. The molecule has 0 saturated carbocycles. The maximum Gasteiger partial charge on any atom is 0.266 e. The molecule has 2 heterocycles. The van der Waals surface area contributed by atoms with Gasteiger partial charge in [0.15, 0.2) is 0 Å². The van der Waals surface area contributed by atoms with E-state index in [1.807, 2.05) is 62.5 Å². The Bertz CT molecular complexity index is 835. The van der Waals surface area contributed by atoms with Crippen LogP contribution in [-0.4, -0.2) is 27.8 Å². The first-order valence-corrected chi connectivity index (χ1v) is 9.51. The molecular formula is C21H23N3OS. The number of nitrogens with zero attached hydrogens (tertiary/aromatic N) is 3. The highest BCUT2D eigenvalue weighted by atomic mass is 32.1. The van der Waals surface area contributed by atoms with Gasteiger partial charge in [0.05, 0.1) is 22.4 Å². The zero-order valence-electron chi connectivity index (χ0n) is 15.5. The van der Waals surface area contributed by atoms with Gasteiger partial charge in [-0.25, -0.2) is 4.98 Å². The van der Waals surface area contributed by atoms with Crippen molar-refractivity contribution in [2.75, 3.05) is 7.05 Å². The molecule has 0 saturated heterocycles. The number of carbonyl (C=O) groups is 1. The third-order valence-corrected chi connectivity index (χ3v) is 5.74. The predicted octanol–water partition coefficient (Wildman–Crippen LogP) is 4.83. The number of amides is 1. The molecule has 3 rings (SSSR count). The number of hydrogen-bond donors (Lipinski definition) is 0. The first-order chi connectivity index (χ1) is 12.5. The van der Waals surface area contributed by atoms with E-state index in [9.17, 15) is 4.79 Å². The van der Waals surface area contributed by atoms with E-state index in [1.165, 1.54) is 11.3 Å². The zero-order chi connectivity index (χ0) is 18.7. The Kier molecular flexibility index (Phi) is 5.47. The predicted molar refractivity (Wildman–Crippen MR) is 106 cm³/mol. The molecule has 1 aromatic carbocycles. The van der Waals surface area contributed by atoms with Crippen molar-refractivity contribution in [2.24, 2.45) is 0 Å². The average Bonchev–Trinajstić information content (AvgIpc) is 3.05. The summed E-state index contributed by atoms with van der Waals surface area (Å²) in [6.07, 6.45) is 1.76. The smallest absolute Gasteiger partial charge is 0.266 e. The van der Waals surface area contributed by atoms with Crippen LogP contribution in [-0.2, 0) is 0 Å². The van der Waals surface area contributed by atoms with Crippen molar-refractivity contribution in [1.82, 2.24) is 14.9 Å². The van der Waals surface area contributed by atoms with Crippen LogP contribution in [0, 0.1) is 6.92 Å². The third-order valence-electron chi connectivity index (χ3n) is 4.29. The molecule has 5 heteroatoms. The number of aromatic nitrogens is 2. The number of hydrogen-bond acceptors (Lipinski definition) is 4. The summed E-state index contributed by atoms with van der Waals surface area (Å²) in [7, 11) is 1.84. The van der Waals surface area contributed by atoms with Crippen molar-refractivity contribution in [3.05, 3.63) is 81.6 Å². The summed E-state index contributed by atoms with van der Waals surface area (Å²) < 4.78 is 0. The van der Waals surface area contributed by atoms with Crippen molar-refractivity contribution in [1.29, 1.82) is 0 Å². The first-order valence-electron chi connectivity index (χ1n) is 8.69. The molecule has 0 aliphatic carbocycles. The van der Waals surface area contributed by atoms with Crippen LogP contribution in [0.5, 0.6) is 0 Å². The van der Waals surface area contributed by atoms with Crippen LogP contribution in [0.4, 0.5) is 0 Å². The minimum atomic E-state index is -0.242. The normalized spacial score (nSPS) is 12.2. The lowest BCUT2D eigenvalue weighted by molar-refractivity contribution is 0.0756. The van der Waals surface area contributed by atoms with E-state index in [0.717, 1.165) is 22.0 Å². The molecule has 2 aromatic heterocycles. The van der Waals surface area contributed by atoms with Gasteiger partial charge in [0.25, 0.3) is 5.91 Å². The molecule has 26 heavy (non-hydrogen) atoms. The van der Waals surface area contributed by atoms with E-state index in [-0.39, 0.29) is 11.9 Å². The second-order valence-electron chi connectivity index (χ2n) is 6.61. The molecule has 1 unspecified atom stereocenters. The number of aryl methyl sites for hydroxylation is 1. The second kappa shape index (κ2) is 7.79. The largest absolute Gasteiger partial charge is 0.328 e. The SMILES string of the molecule is Cc1nc(C(C)C)sc1C(=O)N(C)C(c1ccccc1)c1ccccn1. The van der Waals surface area contributed by atoms with Crippen molar-refractivity contribution in [2.45, 2.75) is 32.7 Å². The van der Waals surface area contributed by atoms with Crippen molar-refractivity contribution >= 4 is 17.2 Å². The maximum atomic E-state index is 13.3. The minimum Gasteiger partial charge on any atom is -0.328 e. The molecule has 1 atom stereocenters. The minimum absolute atomic E-state index is 0.0218. The Morgan fingerprint density at radius 3 is 2.35 bits per heavy atom. The Morgan fingerprint density at radius 1 is 1.08 bits per heavy atom. The molecule has 1 amide bonds. The second-order valence-corrected chi connectivity index (χ2v) is 7.64. The van der Waals surface area contributed by atoms with E-state index in [1.54, 1.807) is 11.1 Å². The highest BCUT2D eigenvalue weighted by Crippen LogP contribution is 2.31. The molecular weight excluding hydrogens is 342 g/mol. The highest BCUT2D eigenvalue weighted by Gasteiger charge is 2.28. The number of thiazole rings is 1. The summed E-state index contributed by atoms with van der Waals surface area (Å²) in [6.45, 7) is 6.09. The molecule has 0 aliphatic rings. The van der Waals surface area contributed by atoms with Crippen LogP contribution in [0.1, 0.15) is 57.4 Å². The number of benzene rings is 1. The van der Waals surface area contributed by atoms with Gasteiger partial charge < -0.3 is 4.90 Å². The van der Waals surface area contributed by atoms with Gasteiger partial charge in [0, 0.05) is 19.2 Å². The fourth-order valence-electron chi connectivity index (χ4n) is 2.91. The number of pyridine rings is 1. The van der Waals surface area contributed by atoms with E-state index >= 15 is 0 Å². The van der Waals surface area contributed by atoms with Crippen LogP contribution in [0.25, 0.3) is 0 Å². The van der Waals surface area contributed by atoms with E-state index < -0.39 is 0 Å². The average molecular weight is 366 g/mol. The third kappa shape index (κ3) is 3.68. The monoisotopic (exact) mass is 365 g/mol. The van der Waals surface area contributed by atoms with E-state index in [0.29, 0.717) is 10.8 Å². The summed E-state index contributed by atoms with van der Waals surface area (Å²) in [5.41, 5.74) is 2.68. The summed E-state index contributed by atoms with van der Waals surface area (Å²) >= 11 is 1.49. The van der Waals surface area contributed by atoms with Crippen LogP contribution in [0.3, 0.4) is 0 Å². The molecule has 0 spiro atoms. The summed E-state index contributed by atoms with van der Waals surface area (Å²) in [4.78, 5) is 24.8. The Morgan fingerprint density at radius 2 is 1.77 bits per heavy atom. The van der Waals surface area contributed by atoms with Gasteiger partial charge in [-0.15, -0.1) is 11.3 Å². The molecule has 0 N–H and O–H groups in total. The fraction of sp³-hybridized carbons (Fsp3) is 0.286. The lowest BCUT2D eigenvalue weighted by Crippen LogP contribution is -2.32. The van der Waals surface area contributed by atoms with Gasteiger partial charge in [0.2, 0.25) is 0 Å². The molecule has 134 valence electrons. The first kappa shape index (κ1) is 18.3. The molecule has 3 aromatic rings. The molecule has 0 fully saturated rings. The van der Waals surface area contributed by atoms with E-state index in [2.05, 4.69) is 23.8 Å². The van der Waals surface area contributed by atoms with Crippen LogP contribution >= 0.6 is 11.3 Å². The molecule has 0 aliphatic heterocycles. The molecule has 0 bridgehead atoms. The van der Waals surface area contributed by atoms with Crippen LogP contribution in [0.15, 0.2) is 54.7 Å². The Labute approximate surface area is 158 Å². The van der Waals surface area contributed by atoms with E-state index in [4.69, 9.17) is 0 Å². The topological polar surface area (TPSA) is 46.1 Å². The summed E-state index contributed by atoms with van der Waals surface area (Å²) in [6, 6.07) is 15.6. The van der Waals surface area contributed by atoms with Gasteiger partial charge in [-0.2, -0.15) is 0 Å². The van der Waals surface area contributed by atoms with Crippen molar-refractivity contribution in [3.8, 4) is 0 Å². The Hall–Kier alpha value is -2.53. The van der Waals surface area contributed by atoms with Gasteiger partial charge in [-0.1, -0.05) is 50.2 Å². The number of carbonyl (C=O) groups excluding carboxylic acids is 1. The molecule has 4 nitrogen and oxygen atoms in total.